The fourth-order valence-electron chi connectivity index (χ4n) is 1.81. The highest BCUT2D eigenvalue weighted by molar-refractivity contribution is 5.94. The Balaban J connectivity index is 1.93. The van der Waals surface area contributed by atoms with E-state index in [1.165, 1.54) is 6.20 Å². The molecule has 1 saturated heterocycles. The van der Waals surface area contributed by atoms with Crippen LogP contribution < -0.4 is 5.32 Å². The molecule has 0 spiro atoms. The first-order valence-corrected chi connectivity index (χ1v) is 5.71. The second kappa shape index (κ2) is 5.25. The summed E-state index contributed by atoms with van der Waals surface area (Å²) in [5.74, 6) is -0.132. The van der Waals surface area contributed by atoms with Gasteiger partial charge in [-0.3, -0.25) is 9.78 Å². The second-order valence-corrected chi connectivity index (χ2v) is 4.20. The molecule has 0 aliphatic carbocycles. The number of ether oxygens (including phenoxy) is 1. The Morgan fingerprint density at radius 2 is 2.41 bits per heavy atom. The number of hydrogen-bond donors (Lipinski definition) is 2. The van der Waals surface area contributed by atoms with Crippen molar-refractivity contribution < 1.29 is 14.6 Å². The summed E-state index contributed by atoms with van der Waals surface area (Å²) in [4.78, 5) is 15.8. The van der Waals surface area contributed by atoms with Crippen LogP contribution in [0.1, 0.15) is 25.5 Å². The van der Waals surface area contributed by atoms with Gasteiger partial charge in [0.1, 0.15) is 6.10 Å². The van der Waals surface area contributed by atoms with Crippen LogP contribution in [0.4, 0.5) is 5.69 Å². The quantitative estimate of drug-likeness (QED) is 0.823. The molecular formula is C12H16N2O3. The molecule has 5 heteroatoms. The number of nitrogens with zero attached hydrogens (tertiary/aromatic N) is 1. The highest BCUT2D eigenvalue weighted by atomic mass is 16.5. The van der Waals surface area contributed by atoms with E-state index in [0.717, 1.165) is 12.8 Å². The van der Waals surface area contributed by atoms with Crippen LogP contribution >= 0.6 is 0 Å². The maximum Gasteiger partial charge on any atom is 0.253 e. The largest absolute Gasteiger partial charge is 0.390 e. The van der Waals surface area contributed by atoms with Crippen molar-refractivity contribution in [2.45, 2.75) is 38.6 Å². The topological polar surface area (TPSA) is 71.5 Å². The van der Waals surface area contributed by atoms with Gasteiger partial charge in [0.15, 0.2) is 0 Å². The number of carbonyl (C=O) groups is 1. The predicted molar refractivity (Wildman–Crippen MR) is 62.4 cm³/mol. The number of hydrogen-bond acceptors (Lipinski definition) is 4. The number of aliphatic hydroxyl groups excluding tert-OH is 1. The Morgan fingerprint density at radius 3 is 2.94 bits per heavy atom. The number of nitrogens with one attached hydrogen (secondary N) is 1. The molecule has 0 aromatic carbocycles. The van der Waals surface area contributed by atoms with Gasteiger partial charge < -0.3 is 15.2 Å². The molecule has 1 aliphatic heterocycles. The molecule has 5 nitrogen and oxygen atoms in total. The summed E-state index contributed by atoms with van der Waals surface area (Å²) in [6, 6.07) is 3.39. The lowest BCUT2D eigenvalue weighted by atomic mass is 10.2. The lowest BCUT2D eigenvalue weighted by Gasteiger charge is -2.11. The van der Waals surface area contributed by atoms with E-state index >= 15 is 0 Å². The molecule has 1 aliphatic rings. The van der Waals surface area contributed by atoms with Crippen LogP contribution in [0.15, 0.2) is 18.3 Å². The first-order chi connectivity index (χ1) is 8.19. The minimum atomic E-state index is -0.359. The average Bonchev–Trinajstić information content (AvgIpc) is 2.77. The van der Waals surface area contributed by atoms with E-state index in [9.17, 15) is 4.79 Å². The van der Waals surface area contributed by atoms with E-state index in [1.807, 2.05) is 6.92 Å². The van der Waals surface area contributed by atoms with E-state index in [-0.39, 0.29) is 24.7 Å². The third-order valence-electron chi connectivity index (χ3n) is 2.78. The average molecular weight is 236 g/mol. The molecule has 2 heterocycles. The third-order valence-corrected chi connectivity index (χ3v) is 2.78. The van der Waals surface area contributed by atoms with Gasteiger partial charge in [0, 0.05) is 0 Å². The smallest absolute Gasteiger partial charge is 0.253 e. The van der Waals surface area contributed by atoms with Crippen molar-refractivity contribution in [1.29, 1.82) is 0 Å². The number of pyridine rings is 1. The summed E-state index contributed by atoms with van der Waals surface area (Å²) in [6.45, 7) is 1.86. The van der Waals surface area contributed by atoms with Gasteiger partial charge in [-0.2, -0.15) is 0 Å². The molecule has 1 unspecified atom stereocenters. The maximum absolute atomic E-state index is 11.8. The number of carbonyl (C=O) groups excluding carboxylic acids is 1. The molecule has 0 saturated carbocycles. The summed E-state index contributed by atoms with van der Waals surface area (Å²) < 4.78 is 5.47. The molecule has 2 N–H and O–H groups in total. The third kappa shape index (κ3) is 3.01. The first-order valence-electron chi connectivity index (χ1n) is 5.71. The van der Waals surface area contributed by atoms with E-state index in [1.54, 1.807) is 12.1 Å². The molecule has 0 bridgehead atoms. The highest BCUT2D eigenvalue weighted by Crippen LogP contribution is 2.20. The minimum Gasteiger partial charge on any atom is -0.390 e. The SMILES string of the molecule is C[C@@H]1CCC(C(=O)Nc2ccc(CO)nc2)O1. The van der Waals surface area contributed by atoms with Gasteiger partial charge in [-0.25, -0.2) is 0 Å². The predicted octanol–water partition coefficient (Wildman–Crippen LogP) is 1.08. The van der Waals surface area contributed by atoms with E-state index in [4.69, 9.17) is 9.84 Å². The fourth-order valence-corrected chi connectivity index (χ4v) is 1.81. The summed E-state index contributed by atoms with van der Waals surface area (Å²) >= 11 is 0. The van der Waals surface area contributed by atoms with Crippen LogP contribution in [0.3, 0.4) is 0 Å². The van der Waals surface area contributed by atoms with Crippen LogP contribution in [0.5, 0.6) is 0 Å². The molecule has 0 radical (unpaired) electrons. The normalized spacial score (nSPS) is 23.6. The van der Waals surface area contributed by atoms with E-state index in [2.05, 4.69) is 10.3 Å². The van der Waals surface area contributed by atoms with Crippen molar-refractivity contribution in [3.63, 3.8) is 0 Å². The summed E-state index contributed by atoms with van der Waals surface area (Å²) in [7, 11) is 0. The van der Waals surface area contributed by atoms with Gasteiger partial charge in [-0.05, 0) is 31.9 Å². The number of aromatic nitrogens is 1. The fraction of sp³-hybridized carbons (Fsp3) is 0.500. The lowest BCUT2D eigenvalue weighted by molar-refractivity contribution is -0.126. The number of anilines is 1. The molecule has 2 atom stereocenters. The van der Waals surface area contributed by atoms with Crippen LogP contribution in [0.2, 0.25) is 0 Å². The number of amides is 1. The first kappa shape index (κ1) is 12.0. The Labute approximate surface area is 99.8 Å². The second-order valence-electron chi connectivity index (χ2n) is 4.20. The van der Waals surface area contributed by atoms with Crippen molar-refractivity contribution in [1.82, 2.24) is 4.98 Å². The van der Waals surface area contributed by atoms with Gasteiger partial charge >= 0.3 is 0 Å². The molecule has 1 amide bonds. The van der Waals surface area contributed by atoms with Crippen molar-refractivity contribution in [2.75, 3.05) is 5.32 Å². The van der Waals surface area contributed by atoms with E-state index < -0.39 is 0 Å². The summed E-state index contributed by atoms with van der Waals surface area (Å²) in [6.07, 6.45) is 3.00. The van der Waals surface area contributed by atoms with Crippen LogP contribution in [-0.4, -0.2) is 28.2 Å². The van der Waals surface area contributed by atoms with Gasteiger partial charge in [-0.15, -0.1) is 0 Å². The molecule has 1 fully saturated rings. The number of rotatable bonds is 3. The van der Waals surface area contributed by atoms with E-state index in [0.29, 0.717) is 11.4 Å². The van der Waals surface area contributed by atoms with Gasteiger partial charge in [0.05, 0.1) is 30.3 Å². The molecule has 1 aromatic rings. The minimum absolute atomic E-state index is 0.0997. The molecular weight excluding hydrogens is 220 g/mol. The van der Waals surface area contributed by atoms with Crippen molar-refractivity contribution >= 4 is 11.6 Å². The Hall–Kier alpha value is -1.46. The van der Waals surface area contributed by atoms with Crippen molar-refractivity contribution in [3.8, 4) is 0 Å². The monoisotopic (exact) mass is 236 g/mol. The van der Waals surface area contributed by atoms with Gasteiger partial charge in [-0.1, -0.05) is 0 Å². The lowest BCUT2D eigenvalue weighted by Crippen LogP contribution is -2.27. The molecule has 2 rings (SSSR count). The summed E-state index contributed by atoms with van der Waals surface area (Å²) in [5, 5.41) is 11.6. The van der Waals surface area contributed by atoms with Crippen LogP contribution in [0, 0.1) is 0 Å². The molecule has 1 aromatic heterocycles. The Kier molecular flexibility index (Phi) is 3.71. The standard InChI is InChI=1S/C12H16N2O3/c1-8-2-5-11(17-8)12(16)14-9-3-4-10(7-15)13-6-9/h3-4,6,8,11,15H,2,5,7H2,1H3,(H,14,16)/t8-,11?/m1/s1. The summed E-state index contributed by atoms with van der Waals surface area (Å²) in [5.41, 5.74) is 1.20. The molecule has 17 heavy (non-hydrogen) atoms. The maximum atomic E-state index is 11.8. The molecule has 92 valence electrons. The van der Waals surface area contributed by atoms with Crippen molar-refractivity contribution in [3.05, 3.63) is 24.0 Å². The Bertz CT molecular complexity index is 391. The zero-order valence-corrected chi connectivity index (χ0v) is 9.72. The number of aliphatic hydroxyl groups is 1. The zero-order valence-electron chi connectivity index (χ0n) is 9.72. The van der Waals surface area contributed by atoms with Crippen molar-refractivity contribution in [2.24, 2.45) is 0 Å². The van der Waals surface area contributed by atoms with Crippen LogP contribution in [0.25, 0.3) is 0 Å². The van der Waals surface area contributed by atoms with Gasteiger partial charge in [0.25, 0.3) is 5.91 Å². The highest BCUT2D eigenvalue weighted by Gasteiger charge is 2.28. The Morgan fingerprint density at radius 1 is 1.59 bits per heavy atom. The zero-order chi connectivity index (χ0) is 12.3. The van der Waals surface area contributed by atoms with Gasteiger partial charge in [0.2, 0.25) is 0 Å². The van der Waals surface area contributed by atoms with Crippen LogP contribution in [-0.2, 0) is 16.1 Å².